The molecule has 0 N–H and O–H groups in total. The van der Waals surface area contributed by atoms with Gasteiger partial charge in [0.15, 0.2) is 0 Å². The van der Waals surface area contributed by atoms with E-state index in [2.05, 4.69) is 41.3 Å². The monoisotopic (exact) mass is 307 g/mol. The molecule has 1 saturated heterocycles. The number of piperidine rings is 1. The lowest BCUT2D eigenvalue weighted by molar-refractivity contribution is -0.160. The second-order valence-corrected chi connectivity index (χ2v) is 6.64. The van der Waals surface area contributed by atoms with Gasteiger partial charge in [-0.25, -0.2) is 0 Å². The summed E-state index contributed by atoms with van der Waals surface area (Å²) in [6.07, 6.45) is 1.81. The van der Waals surface area contributed by atoms with Gasteiger partial charge in [-0.15, -0.1) is 0 Å². The number of nitrogens with zero attached hydrogens (tertiary/aromatic N) is 1. The van der Waals surface area contributed by atoms with Crippen molar-refractivity contribution in [2.45, 2.75) is 31.3 Å². The maximum Gasteiger partial charge on any atom is 0.303 e. The highest BCUT2D eigenvalue weighted by atomic mass is 16.6. The van der Waals surface area contributed by atoms with Gasteiger partial charge in [-0.05, 0) is 23.6 Å². The van der Waals surface area contributed by atoms with Gasteiger partial charge in [-0.2, -0.15) is 0 Å². The van der Waals surface area contributed by atoms with Crippen molar-refractivity contribution >= 4 is 11.7 Å². The minimum atomic E-state index is -0.459. The number of benzene rings is 2. The second kappa shape index (κ2) is 5.41. The molecule has 0 saturated carbocycles. The first-order valence-electron chi connectivity index (χ1n) is 8.25. The molecule has 2 aromatic carbocycles. The highest BCUT2D eigenvalue weighted by Crippen LogP contribution is 2.50. The molecule has 0 spiro atoms. The van der Waals surface area contributed by atoms with Crippen molar-refractivity contribution in [2.75, 3.05) is 18.0 Å². The van der Waals surface area contributed by atoms with Crippen molar-refractivity contribution < 1.29 is 9.53 Å². The molecule has 3 nitrogen and oxygen atoms in total. The van der Waals surface area contributed by atoms with Crippen LogP contribution in [-0.2, 0) is 16.0 Å². The topological polar surface area (TPSA) is 29.5 Å². The number of carbonyl (C=O) groups is 1. The molecule has 0 aliphatic carbocycles. The number of anilines is 1. The zero-order valence-electron chi connectivity index (χ0n) is 13.4. The zero-order valence-corrected chi connectivity index (χ0v) is 13.4. The smallest absolute Gasteiger partial charge is 0.303 e. The lowest BCUT2D eigenvalue weighted by Gasteiger charge is -2.53. The minimum absolute atomic E-state index is 0.188. The van der Waals surface area contributed by atoms with Crippen molar-refractivity contribution in [1.29, 1.82) is 0 Å². The van der Waals surface area contributed by atoms with E-state index in [9.17, 15) is 4.79 Å². The molecule has 3 aliphatic rings. The van der Waals surface area contributed by atoms with Crippen molar-refractivity contribution in [3.05, 3.63) is 65.7 Å². The number of hydrogen-bond donors (Lipinski definition) is 0. The first-order valence-corrected chi connectivity index (χ1v) is 8.25. The molecule has 0 radical (unpaired) electrons. The summed E-state index contributed by atoms with van der Waals surface area (Å²) in [7, 11) is 0. The number of esters is 1. The Morgan fingerprint density at radius 3 is 2.70 bits per heavy atom. The molecule has 118 valence electrons. The highest BCUT2D eigenvalue weighted by molar-refractivity contribution is 5.68. The molecule has 2 aromatic rings. The highest BCUT2D eigenvalue weighted by Gasteiger charge is 2.51. The molecular weight excluding hydrogens is 286 g/mol. The summed E-state index contributed by atoms with van der Waals surface area (Å²) in [5, 5.41) is 0. The fourth-order valence-corrected chi connectivity index (χ4v) is 4.32. The molecule has 3 heterocycles. The van der Waals surface area contributed by atoms with Gasteiger partial charge in [0.05, 0.1) is 6.54 Å². The molecular formula is C20H21NO2. The summed E-state index contributed by atoms with van der Waals surface area (Å²) in [4.78, 5) is 14.2. The Kier molecular flexibility index (Phi) is 3.37. The predicted molar refractivity (Wildman–Crippen MR) is 90.7 cm³/mol. The standard InChI is InChI=1S/C20H21NO2/c1-15(22)23-20(13-16-7-3-2-4-8-16)14-21-12-11-18(20)17-9-5-6-10-19(17)21/h2-10,18H,11-14H2,1H3/t18-,20-/m0/s1. The fraction of sp³-hybridized carbons (Fsp3) is 0.350. The number of para-hydroxylation sites is 1. The van der Waals surface area contributed by atoms with Crippen molar-refractivity contribution in [3.8, 4) is 0 Å². The van der Waals surface area contributed by atoms with E-state index in [-0.39, 0.29) is 11.9 Å². The number of ether oxygens (including phenoxy) is 1. The van der Waals surface area contributed by atoms with Crippen LogP contribution in [0.15, 0.2) is 54.6 Å². The van der Waals surface area contributed by atoms with Gasteiger partial charge in [0.2, 0.25) is 0 Å². The Bertz CT molecular complexity index is 727. The van der Waals surface area contributed by atoms with Crippen LogP contribution in [0.3, 0.4) is 0 Å². The van der Waals surface area contributed by atoms with Crippen LogP contribution in [0.25, 0.3) is 0 Å². The van der Waals surface area contributed by atoms with Crippen molar-refractivity contribution in [2.24, 2.45) is 0 Å². The van der Waals surface area contributed by atoms with Crippen molar-refractivity contribution in [3.63, 3.8) is 0 Å². The average Bonchev–Trinajstić information content (AvgIpc) is 2.55. The second-order valence-electron chi connectivity index (χ2n) is 6.64. The molecule has 5 rings (SSSR count). The summed E-state index contributed by atoms with van der Waals surface area (Å²) >= 11 is 0. The van der Waals surface area contributed by atoms with E-state index in [0.717, 1.165) is 25.9 Å². The summed E-state index contributed by atoms with van der Waals surface area (Å²) in [5.41, 5.74) is 3.39. The molecule has 0 amide bonds. The number of rotatable bonds is 3. The van der Waals surface area contributed by atoms with Gasteiger partial charge in [0.1, 0.15) is 5.60 Å². The van der Waals surface area contributed by atoms with E-state index in [1.165, 1.54) is 23.7 Å². The molecule has 1 fully saturated rings. The normalized spacial score (nSPS) is 25.1. The largest absolute Gasteiger partial charge is 0.456 e. The summed E-state index contributed by atoms with van der Waals surface area (Å²) in [5.74, 6) is 0.0833. The fourth-order valence-electron chi connectivity index (χ4n) is 4.32. The number of hydrogen-bond acceptors (Lipinski definition) is 3. The van der Waals surface area contributed by atoms with Gasteiger partial charge in [0, 0.05) is 31.5 Å². The van der Waals surface area contributed by atoms with Crippen LogP contribution in [0.5, 0.6) is 0 Å². The molecule has 2 atom stereocenters. The summed E-state index contributed by atoms with van der Waals surface area (Å²) in [6, 6.07) is 18.9. The van der Waals surface area contributed by atoms with E-state index in [0.29, 0.717) is 0 Å². The third-order valence-electron chi connectivity index (χ3n) is 5.13. The van der Waals surface area contributed by atoms with Crippen LogP contribution in [0.4, 0.5) is 5.69 Å². The van der Waals surface area contributed by atoms with E-state index >= 15 is 0 Å². The minimum Gasteiger partial charge on any atom is -0.456 e. The van der Waals surface area contributed by atoms with Crippen LogP contribution in [0, 0.1) is 0 Å². The van der Waals surface area contributed by atoms with Crippen molar-refractivity contribution in [1.82, 2.24) is 0 Å². The number of fused-ring (bicyclic) bond motifs is 2. The molecule has 23 heavy (non-hydrogen) atoms. The van der Waals surface area contributed by atoms with Gasteiger partial charge >= 0.3 is 5.97 Å². The summed E-state index contributed by atoms with van der Waals surface area (Å²) in [6.45, 7) is 3.35. The molecule has 3 heteroatoms. The van der Waals surface area contributed by atoms with E-state index in [1.54, 1.807) is 0 Å². The van der Waals surface area contributed by atoms with E-state index in [4.69, 9.17) is 4.74 Å². The molecule has 3 aliphatic heterocycles. The number of carbonyl (C=O) groups excluding carboxylic acids is 1. The Balaban J connectivity index is 1.77. The molecule has 0 unspecified atom stereocenters. The maximum atomic E-state index is 11.9. The first kappa shape index (κ1) is 14.3. The average molecular weight is 307 g/mol. The SMILES string of the molecule is CC(=O)O[C@@]1(Cc2ccccc2)CN2CC[C@H]1c1ccccc12. The quantitative estimate of drug-likeness (QED) is 0.812. The van der Waals surface area contributed by atoms with Gasteiger partial charge in [0.25, 0.3) is 0 Å². The third-order valence-corrected chi connectivity index (χ3v) is 5.13. The van der Waals surface area contributed by atoms with Gasteiger partial charge < -0.3 is 9.64 Å². The molecule has 2 bridgehead atoms. The lowest BCUT2D eigenvalue weighted by atomic mass is 9.69. The lowest BCUT2D eigenvalue weighted by Crippen LogP contribution is -2.60. The van der Waals surface area contributed by atoms with Crippen LogP contribution < -0.4 is 4.90 Å². The maximum absolute atomic E-state index is 11.9. The first-order chi connectivity index (χ1) is 11.2. The van der Waals surface area contributed by atoms with E-state index in [1.807, 2.05) is 18.2 Å². The Labute approximate surface area is 136 Å². The summed E-state index contributed by atoms with van der Waals surface area (Å²) < 4.78 is 5.99. The molecule has 0 aromatic heterocycles. The third kappa shape index (κ3) is 2.40. The van der Waals surface area contributed by atoms with Gasteiger partial charge in [-0.1, -0.05) is 48.5 Å². The van der Waals surface area contributed by atoms with E-state index < -0.39 is 5.60 Å². The Morgan fingerprint density at radius 2 is 1.91 bits per heavy atom. The Morgan fingerprint density at radius 1 is 1.17 bits per heavy atom. The van der Waals surface area contributed by atoms with Crippen LogP contribution in [-0.4, -0.2) is 24.7 Å². The predicted octanol–water partition coefficient (Wildman–Crippen LogP) is 3.54. The van der Waals surface area contributed by atoms with Crippen LogP contribution in [0.2, 0.25) is 0 Å². The van der Waals surface area contributed by atoms with Gasteiger partial charge in [-0.3, -0.25) is 4.79 Å². The van der Waals surface area contributed by atoms with Crippen LogP contribution >= 0.6 is 0 Å². The van der Waals surface area contributed by atoms with Crippen LogP contribution in [0.1, 0.15) is 30.4 Å². The Hall–Kier alpha value is -2.29. The zero-order chi connectivity index (χ0) is 15.9.